The van der Waals surface area contributed by atoms with Gasteiger partial charge in [-0.3, -0.25) is 4.79 Å². The Hall–Kier alpha value is -2.82. The quantitative estimate of drug-likeness (QED) is 0.418. The molecule has 1 heterocycles. The van der Waals surface area contributed by atoms with Gasteiger partial charge in [0.15, 0.2) is 0 Å². The van der Waals surface area contributed by atoms with Crippen molar-refractivity contribution in [3.63, 3.8) is 0 Å². The fourth-order valence-electron chi connectivity index (χ4n) is 5.67. The molecule has 0 bridgehead atoms. The summed E-state index contributed by atoms with van der Waals surface area (Å²) in [6.45, 7) is 13.5. The van der Waals surface area contributed by atoms with E-state index in [1.807, 2.05) is 13.0 Å². The maximum absolute atomic E-state index is 11.4. The number of rotatable bonds is 6. The SMILES string of the molecule is Cc1cc2c(cc1CC(=O)O)nc(Nc1ccc(C(C)C)cc1)n2[C@H]1C[C@H](C)CC(C)(C)C1. The number of carboxylic acids is 1. The first-order valence-electron chi connectivity index (χ1n) is 12.1. The number of carbonyl (C=O) groups is 1. The number of carboxylic acid groups (broad SMARTS) is 1. The molecule has 0 amide bonds. The third kappa shape index (κ3) is 5.07. The Morgan fingerprint density at radius 3 is 2.52 bits per heavy atom. The Bertz CT molecular complexity index is 1160. The van der Waals surface area contributed by atoms with Gasteiger partial charge in [0.25, 0.3) is 0 Å². The number of hydrogen-bond donors (Lipinski definition) is 2. The van der Waals surface area contributed by atoms with Crippen LogP contribution in [0.1, 0.15) is 82.5 Å². The van der Waals surface area contributed by atoms with Crippen molar-refractivity contribution < 1.29 is 9.90 Å². The fourth-order valence-corrected chi connectivity index (χ4v) is 5.67. The van der Waals surface area contributed by atoms with Crippen molar-refractivity contribution in [1.82, 2.24) is 9.55 Å². The van der Waals surface area contributed by atoms with E-state index in [-0.39, 0.29) is 11.8 Å². The van der Waals surface area contributed by atoms with Gasteiger partial charge in [-0.2, -0.15) is 0 Å². The number of aryl methyl sites for hydroxylation is 1. The molecule has 1 aliphatic rings. The lowest BCUT2D eigenvalue weighted by Crippen LogP contribution is -2.29. The average Bonchev–Trinajstić information content (AvgIpc) is 3.03. The molecule has 0 radical (unpaired) electrons. The molecule has 1 aromatic heterocycles. The largest absolute Gasteiger partial charge is 0.481 e. The van der Waals surface area contributed by atoms with Crippen LogP contribution in [0.15, 0.2) is 36.4 Å². The molecular formula is C28H37N3O2. The molecule has 4 rings (SSSR count). The molecule has 5 heteroatoms. The van der Waals surface area contributed by atoms with Crippen LogP contribution in [-0.2, 0) is 11.2 Å². The van der Waals surface area contributed by atoms with Crippen LogP contribution >= 0.6 is 0 Å². The number of nitrogens with one attached hydrogen (secondary N) is 1. The summed E-state index contributed by atoms with van der Waals surface area (Å²) >= 11 is 0. The molecule has 0 unspecified atom stereocenters. The molecular weight excluding hydrogens is 410 g/mol. The number of anilines is 2. The minimum atomic E-state index is -0.816. The summed E-state index contributed by atoms with van der Waals surface area (Å²) in [6, 6.07) is 13.0. The number of hydrogen-bond acceptors (Lipinski definition) is 3. The molecule has 3 aromatic rings. The summed E-state index contributed by atoms with van der Waals surface area (Å²) in [5.74, 6) is 1.15. The number of fused-ring (bicyclic) bond motifs is 1. The lowest BCUT2D eigenvalue weighted by molar-refractivity contribution is -0.136. The molecule has 2 N–H and O–H groups in total. The van der Waals surface area contributed by atoms with E-state index in [0.717, 1.165) is 46.6 Å². The van der Waals surface area contributed by atoms with Gasteiger partial charge < -0.3 is 15.0 Å². The van der Waals surface area contributed by atoms with Crippen molar-refractivity contribution in [2.75, 3.05) is 5.32 Å². The van der Waals surface area contributed by atoms with E-state index in [0.29, 0.717) is 17.9 Å². The number of imidazole rings is 1. The molecule has 176 valence electrons. The van der Waals surface area contributed by atoms with Crippen LogP contribution in [0, 0.1) is 18.3 Å². The lowest BCUT2D eigenvalue weighted by Gasteiger charge is -2.40. The van der Waals surface area contributed by atoms with Gasteiger partial charge in [-0.05, 0) is 84.4 Å². The summed E-state index contributed by atoms with van der Waals surface area (Å²) in [5.41, 5.74) is 6.36. The maximum atomic E-state index is 11.4. The van der Waals surface area contributed by atoms with Gasteiger partial charge >= 0.3 is 5.97 Å². The molecule has 0 aliphatic heterocycles. The van der Waals surface area contributed by atoms with Crippen LogP contribution in [0.5, 0.6) is 0 Å². The lowest BCUT2D eigenvalue weighted by atomic mass is 9.70. The van der Waals surface area contributed by atoms with E-state index >= 15 is 0 Å². The predicted molar refractivity (Wildman–Crippen MR) is 135 cm³/mol. The second-order valence-electron chi connectivity index (χ2n) is 11.1. The number of benzene rings is 2. The molecule has 33 heavy (non-hydrogen) atoms. The first-order chi connectivity index (χ1) is 15.5. The topological polar surface area (TPSA) is 67.2 Å². The van der Waals surface area contributed by atoms with Gasteiger partial charge in [-0.15, -0.1) is 0 Å². The molecule has 5 nitrogen and oxygen atoms in total. The fraction of sp³-hybridized carbons (Fsp3) is 0.500. The van der Waals surface area contributed by atoms with E-state index in [4.69, 9.17) is 4.98 Å². The van der Waals surface area contributed by atoms with Crippen LogP contribution in [0.4, 0.5) is 11.6 Å². The normalized spacial score (nSPS) is 20.3. The zero-order chi connectivity index (χ0) is 23.9. The average molecular weight is 448 g/mol. The molecule has 1 fully saturated rings. The summed E-state index contributed by atoms with van der Waals surface area (Å²) in [6.07, 6.45) is 3.46. The molecule has 2 atom stereocenters. The van der Waals surface area contributed by atoms with Crippen LogP contribution in [-0.4, -0.2) is 20.6 Å². The van der Waals surface area contributed by atoms with E-state index in [2.05, 4.69) is 74.8 Å². The van der Waals surface area contributed by atoms with Crippen molar-refractivity contribution in [2.45, 2.75) is 79.2 Å². The number of aromatic nitrogens is 2. The molecule has 0 spiro atoms. The highest BCUT2D eigenvalue weighted by molar-refractivity contribution is 5.83. The third-order valence-corrected chi connectivity index (χ3v) is 7.05. The van der Waals surface area contributed by atoms with Gasteiger partial charge in [0.2, 0.25) is 5.95 Å². The van der Waals surface area contributed by atoms with Crippen molar-refractivity contribution in [3.8, 4) is 0 Å². The van der Waals surface area contributed by atoms with Gasteiger partial charge in [-0.25, -0.2) is 4.98 Å². The Labute approximate surface area is 197 Å². The summed E-state index contributed by atoms with van der Waals surface area (Å²) in [5, 5.41) is 12.9. The highest BCUT2D eigenvalue weighted by Gasteiger charge is 2.34. The van der Waals surface area contributed by atoms with Gasteiger partial charge in [0, 0.05) is 11.7 Å². The van der Waals surface area contributed by atoms with E-state index in [9.17, 15) is 9.90 Å². The highest BCUT2D eigenvalue weighted by Crippen LogP contribution is 2.46. The Morgan fingerprint density at radius 1 is 1.21 bits per heavy atom. The monoisotopic (exact) mass is 447 g/mol. The van der Waals surface area contributed by atoms with Crippen LogP contribution < -0.4 is 5.32 Å². The van der Waals surface area contributed by atoms with E-state index in [1.54, 1.807) is 0 Å². The van der Waals surface area contributed by atoms with Gasteiger partial charge in [0.1, 0.15) is 0 Å². The molecule has 2 aromatic carbocycles. The van der Waals surface area contributed by atoms with Crippen LogP contribution in [0.25, 0.3) is 11.0 Å². The summed E-state index contributed by atoms with van der Waals surface area (Å²) in [7, 11) is 0. The van der Waals surface area contributed by atoms with Gasteiger partial charge in [0.05, 0.1) is 17.5 Å². The van der Waals surface area contributed by atoms with Crippen molar-refractivity contribution in [1.29, 1.82) is 0 Å². The molecule has 1 saturated carbocycles. The van der Waals surface area contributed by atoms with Crippen molar-refractivity contribution in [2.24, 2.45) is 11.3 Å². The van der Waals surface area contributed by atoms with Gasteiger partial charge in [-0.1, -0.05) is 46.8 Å². The standard InChI is InChI=1S/C28H37N3O2/c1-17(2)20-7-9-22(10-8-20)29-27-30-24-13-21(14-26(32)33)19(4)12-25(24)31(27)23-11-18(3)15-28(5,6)16-23/h7-10,12-13,17-18,23H,11,14-16H2,1-6H3,(H,29,30)(H,32,33)/t18-,23-/m0/s1. The second kappa shape index (κ2) is 8.85. The maximum Gasteiger partial charge on any atom is 0.307 e. The number of nitrogens with zero attached hydrogens (tertiary/aromatic N) is 2. The summed E-state index contributed by atoms with van der Waals surface area (Å²) in [4.78, 5) is 16.3. The first kappa shape index (κ1) is 23.3. The zero-order valence-electron chi connectivity index (χ0n) is 20.8. The van der Waals surface area contributed by atoms with Crippen LogP contribution in [0.2, 0.25) is 0 Å². The minimum absolute atomic E-state index is 0.0154. The highest BCUT2D eigenvalue weighted by atomic mass is 16.4. The number of aliphatic carboxylic acids is 1. The van der Waals surface area contributed by atoms with Crippen molar-refractivity contribution in [3.05, 3.63) is 53.1 Å². The van der Waals surface area contributed by atoms with Crippen molar-refractivity contribution >= 4 is 28.6 Å². The van der Waals surface area contributed by atoms with Crippen LogP contribution in [0.3, 0.4) is 0 Å². The predicted octanol–water partition coefficient (Wildman–Crippen LogP) is 7.23. The second-order valence-corrected chi connectivity index (χ2v) is 11.1. The smallest absolute Gasteiger partial charge is 0.307 e. The van der Waals surface area contributed by atoms with E-state index < -0.39 is 5.97 Å². The Morgan fingerprint density at radius 2 is 1.91 bits per heavy atom. The van der Waals surface area contributed by atoms with E-state index in [1.165, 1.54) is 12.0 Å². The zero-order valence-corrected chi connectivity index (χ0v) is 20.8. The Balaban J connectivity index is 1.81. The molecule has 0 saturated heterocycles. The Kier molecular flexibility index (Phi) is 6.26. The first-order valence-corrected chi connectivity index (χ1v) is 12.1. The third-order valence-electron chi connectivity index (χ3n) is 7.05. The minimum Gasteiger partial charge on any atom is -0.481 e. The summed E-state index contributed by atoms with van der Waals surface area (Å²) < 4.78 is 2.38. The molecule has 1 aliphatic carbocycles.